The number of rotatable bonds is 7. The van der Waals surface area contributed by atoms with E-state index in [0.29, 0.717) is 28.7 Å². The van der Waals surface area contributed by atoms with E-state index in [4.69, 9.17) is 4.74 Å². The van der Waals surface area contributed by atoms with E-state index < -0.39 is 18.0 Å². The van der Waals surface area contributed by atoms with Gasteiger partial charge in [-0.25, -0.2) is 9.48 Å². The number of esters is 1. The van der Waals surface area contributed by atoms with Gasteiger partial charge in [-0.1, -0.05) is 31.5 Å². The van der Waals surface area contributed by atoms with Gasteiger partial charge in [-0.3, -0.25) is 14.3 Å². The number of ether oxygens (including phenoxy) is 1. The topological polar surface area (TPSA) is 108 Å². The van der Waals surface area contributed by atoms with Gasteiger partial charge in [0.15, 0.2) is 11.8 Å². The second-order valence-corrected chi connectivity index (χ2v) is 7.48. The Morgan fingerprint density at radius 3 is 2.45 bits per heavy atom. The maximum absolute atomic E-state index is 12.9. The Balaban J connectivity index is 1.86. The number of hydrogen-bond acceptors (Lipinski definition) is 6. The summed E-state index contributed by atoms with van der Waals surface area (Å²) >= 11 is 0. The molecule has 0 aliphatic rings. The van der Waals surface area contributed by atoms with Crippen LogP contribution in [-0.4, -0.2) is 37.5 Å². The second-order valence-electron chi connectivity index (χ2n) is 7.48. The van der Waals surface area contributed by atoms with Crippen molar-refractivity contribution in [1.82, 2.24) is 19.6 Å². The van der Waals surface area contributed by atoms with Crippen molar-refractivity contribution in [2.24, 2.45) is 7.05 Å². The average Bonchev–Trinajstić information content (AvgIpc) is 2.99. The molecule has 31 heavy (non-hydrogen) atoms. The van der Waals surface area contributed by atoms with E-state index in [1.807, 2.05) is 13.8 Å². The molecule has 0 saturated heterocycles. The van der Waals surface area contributed by atoms with E-state index in [1.165, 1.54) is 11.6 Å². The van der Waals surface area contributed by atoms with Crippen LogP contribution in [0.5, 0.6) is 0 Å². The Labute approximate surface area is 180 Å². The molecule has 3 aromatic rings. The number of fused-ring (bicyclic) bond motifs is 1. The predicted octanol–water partition coefficient (Wildman–Crippen LogP) is 2.73. The molecule has 9 heteroatoms. The minimum absolute atomic E-state index is 0.0136. The molecular weight excluding hydrogens is 398 g/mol. The van der Waals surface area contributed by atoms with E-state index in [1.54, 1.807) is 42.9 Å². The molecule has 1 aromatic carbocycles. The van der Waals surface area contributed by atoms with Crippen molar-refractivity contribution >= 4 is 28.3 Å². The fourth-order valence-electron chi connectivity index (χ4n) is 3.29. The maximum atomic E-state index is 12.9. The Hall–Kier alpha value is -3.49. The van der Waals surface area contributed by atoms with Crippen molar-refractivity contribution < 1.29 is 14.3 Å². The lowest BCUT2D eigenvalue weighted by Crippen LogP contribution is -2.32. The summed E-state index contributed by atoms with van der Waals surface area (Å²) in [5, 5.41) is 12.1. The van der Waals surface area contributed by atoms with E-state index in [2.05, 4.69) is 15.5 Å². The zero-order chi connectivity index (χ0) is 22.7. The number of aryl methyl sites for hydroxylation is 3. The lowest BCUT2D eigenvalue weighted by atomic mass is 10.1. The molecule has 0 bridgehead atoms. The van der Waals surface area contributed by atoms with Gasteiger partial charge in [-0.05, 0) is 33.3 Å². The summed E-state index contributed by atoms with van der Waals surface area (Å²) in [5.74, 6) is -1.24. The first-order valence-corrected chi connectivity index (χ1v) is 10.3. The first kappa shape index (κ1) is 22.2. The number of nitrogens with zero attached hydrogens (tertiary/aromatic N) is 4. The molecule has 2 aromatic heterocycles. The Kier molecular flexibility index (Phi) is 6.53. The summed E-state index contributed by atoms with van der Waals surface area (Å²) in [6.07, 6.45) is 0.566. The van der Waals surface area contributed by atoms with Gasteiger partial charge in [0.1, 0.15) is 0 Å². The SMILES string of the molecule is CCCCn1nc(C(=O)O[C@@H](C)C(=O)Nc2c(C)nn(C)c2C)c2ccccc2c1=O. The van der Waals surface area contributed by atoms with Crippen LogP contribution in [0.3, 0.4) is 0 Å². The lowest BCUT2D eigenvalue weighted by molar-refractivity contribution is -0.123. The number of unbranched alkanes of at least 4 members (excludes halogenated alkanes) is 1. The number of carbonyl (C=O) groups excluding carboxylic acids is 2. The van der Waals surface area contributed by atoms with Gasteiger partial charge >= 0.3 is 5.97 Å². The number of nitrogens with one attached hydrogen (secondary N) is 1. The molecule has 1 amide bonds. The van der Waals surface area contributed by atoms with Crippen LogP contribution in [0.15, 0.2) is 29.1 Å². The summed E-state index contributed by atoms with van der Waals surface area (Å²) < 4.78 is 8.36. The first-order chi connectivity index (χ1) is 14.7. The molecule has 1 atom stereocenters. The molecule has 164 valence electrons. The third-order valence-electron chi connectivity index (χ3n) is 5.19. The molecular formula is C22H27N5O4. The highest BCUT2D eigenvalue weighted by molar-refractivity contribution is 6.03. The quantitative estimate of drug-likeness (QED) is 0.583. The number of anilines is 1. The van der Waals surface area contributed by atoms with E-state index >= 15 is 0 Å². The Bertz CT molecular complexity index is 1190. The molecule has 0 fully saturated rings. The van der Waals surface area contributed by atoms with E-state index in [-0.39, 0.29) is 11.3 Å². The highest BCUT2D eigenvalue weighted by atomic mass is 16.5. The van der Waals surface area contributed by atoms with Crippen LogP contribution in [0.1, 0.15) is 48.6 Å². The summed E-state index contributed by atoms with van der Waals surface area (Å²) in [4.78, 5) is 38.2. The lowest BCUT2D eigenvalue weighted by Gasteiger charge is -2.15. The summed E-state index contributed by atoms with van der Waals surface area (Å²) in [7, 11) is 1.78. The second kappa shape index (κ2) is 9.11. The maximum Gasteiger partial charge on any atom is 0.360 e. The van der Waals surface area contributed by atoms with E-state index in [9.17, 15) is 14.4 Å². The minimum atomic E-state index is -1.07. The summed E-state index contributed by atoms with van der Waals surface area (Å²) in [5.41, 5.74) is 1.81. The normalized spacial score (nSPS) is 12.0. The largest absolute Gasteiger partial charge is 0.448 e. The van der Waals surface area contributed by atoms with Crippen molar-refractivity contribution in [2.45, 2.75) is 53.2 Å². The molecule has 0 aliphatic carbocycles. The van der Waals surface area contributed by atoms with Crippen LogP contribution in [0.25, 0.3) is 10.8 Å². The van der Waals surface area contributed by atoms with E-state index in [0.717, 1.165) is 18.5 Å². The smallest absolute Gasteiger partial charge is 0.360 e. The van der Waals surface area contributed by atoms with Crippen LogP contribution in [-0.2, 0) is 23.1 Å². The predicted molar refractivity (Wildman–Crippen MR) is 117 cm³/mol. The Morgan fingerprint density at radius 1 is 1.16 bits per heavy atom. The highest BCUT2D eigenvalue weighted by Crippen LogP contribution is 2.19. The third kappa shape index (κ3) is 4.50. The monoisotopic (exact) mass is 425 g/mol. The molecule has 2 heterocycles. The number of amides is 1. The van der Waals surface area contributed by atoms with Crippen molar-refractivity contribution in [2.75, 3.05) is 5.32 Å². The van der Waals surface area contributed by atoms with Gasteiger partial charge in [0.05, 0.1) is 22.5 Å². The van der Waals surface area contributed by atoms with Crippen LogP contribution >= 0.6 is 0 Å². The molecule has 0 saturated carbocycles. The molecule has 1 N–H and O–H groups in total. The minimum Gasteiger partial charge on any atom is -0.448 e. The van der Waals surface area contributed by atoms with Crippen molar-refractivity contribution in [3.05, 3.63) is 51.7 Å². The number of hydrogen-bond donors (Lipinski definition) is 1. The first-order valence-electron chi connectivity index (χ1n) is 10.3. The third-order valence-corrected chi connectivity index (χ3v) is 5.19. The zero-order valence-corrected chi connectivity index (χ0v) is 18.4. The molecule has 3 rings (SSSR count). The summed E-state index contributed by atoms with van der Waals surface area (Å²) in [6.45, 7) is 7.52. The molecule has 0 unspecified atom stereocenters. The standard InChI is InChI=1S/C22H27N5O4/c1-6-7-12-27-21(29)17-11-9-8-10-16(17)19(25-27)22(30)31-15(4)20(28)23-18-13(2)24-26(5)14(18)3/h8-11,15H,6-7,12H2,1-5H3,(H,23,28)/t15-/m0/s1. The number of benzene rings is 1. The van der Waals surface area contributed by atoms with Gasteiger partial charge in [0.25, 0.3) is 11.5 Å². The highest BCUT2D eigenvalue weighted by Gasteiger charge is 2.24. The summed E-state index contributed by atoms with van der Waals surface area (Å²) in [6, 6.07) is 6.76. The van der Waals surface area contributed by atoms with Gasteiger partial charge in [-0.15, -0.1) is 0 Å². The Morgan fingerprint density at radius 2 is 1.84 bits per heavy atom. The van der Waals surface area contributed by atoms with Crippen LogP contribution < -0.4 is 10.9 Å². The van der Waals surface area contributed by atoms with Crippen LogP contribution in [0.4, 0.5) is 5.69 Å². The van der Waals surface area contributed by atoms with Gasteiger partial charge < -0.3 is 10.1 Å². The van der Waals surface area contributed by atoms with Crippen molar-refractivity contribution in [3.8, 4) is 0 Å². The average molecular weight is 425 g/mol. The molecule has 9 nitrogen and oxygen atoms in total. The van der Waals surface area contributed by atoms with Crippen molar-refractivity contribution in [1.29, 1.82) is 0 Å². The molecule has 0 spiro atoms. The fraction of sp³-hybridized carbons (Fsp3) is 0.409. The molecule has 0 radical (unpaired) electrons. The number of aromatic nitrogens is 4. The number of carbonyl (C=O) groups is 2. The molecule has 0 aliphatic heterocycles. The van der Waals surface area contributed by atoms with Gasteiger partial charge in [0, 0.05) is 19.0 Å². The van der Waals surface area contributed by atoms with Crippen LogP contribution in [0.2, 0.25) is 0 Å². The van der Waals surface area contributed by atoms with Gasteiger partial charge in [0.2, 0.25) is 0 Å². The van der Waals surface area contributed by atoms with Crippen LogP contribution in [0, 0.1) is 13.8 Å². The van der Waals surface area contributed by atoms with Crippen molar-refractivity contribution in [3.63, 3.8) is 0 Å². The van der Waals surface area contributed by atoms with Gasteiger partial charge in [-0.2, -0.15) is 10.2 Å². The fourth-order valence-corrected chi connectivity index (χ4v) is 3.29. The zero-order valence-electron chi connectivity index (χ0n) is 18.4.